The molecule has 0 spiro atoms. The molecular weight excluding hydrogens is 462 g/mol. The Morgan fingerprint density at radius 1 is 1.34 bits per heavy atom. The monoisotopic (exact) mass is 478 g/mol. The van der Waals surface area contributed by atoms with Crippen LogP contribution in [-0.2, 0) is 23.1 Å². The number of nitrogens with one attached hydrogen (secondary N) is 2. The zero-order valence-corrected chi connectivity index (χ0v) is 18.0. The van der Waals surface area contributed by atoms with Crippen molar-refractivity contribution in [2.75, 3.05) is 11.3 Å². The van der Waals surface area contributed by atoms with E-state index in [2.05, 4.69) is 15.0 Å². The number of sulfonamides is 1. The number of thiazole rings is 1. The third kappa shape index (κ3) is 3.59. The molecule has 3 heterocycles. The molecule has 2 aromatic carbocycles. The molecule has 0 saturated carbocycles. The zero-order chi connectivity index (χ0) is 22.5. The zero-order valence-electron chi connectivity index (χ0n) is 16.3. The highest BCUT2D eigenvalue weighted by Crippen LogP contribution is 2.29. The van der Waals surface area contributed by atoms with Gasteiger partial charge >= 0.3 is 5.76 Å². The number of benzene rings is 2. The van der Waals surface area contributed by atoms with Crippen molar-refractivity contribution in [2.24, 2.45) is 0 Å². The van der Waals surface area contributed by atoms with Gasteiger partial charge in [0.15, 0.2) is 10.7 Å². The number of nitrogens with zero attached hydrogens (tertiary/aromatic N) is 2. The second-order valence-electron chi connectivity index (χ2n) is 7.23. The Morgan fingerprint density at radius 3 is 2.97 bits per heavy atom. The van der Waals surface area contributed by atoms with Gasteiger partial charge in [0, 0.05) is 36.8 Å². The largest absolute Gasteiger partial charge is 0.420 e. The second-order valence-corrected chi connectivity index (χ2v) is 9.78. The molecule has 0 aliphatic carbocycles. The smallest absolute Gasteiger partial charge is 0.408 e. The Hall–Kier alpha value is -3.09. The van der Waals surface area contributed by atoms with Crippen LogP contribution in [0.3, 0.4) is 0 Å². The summed E-state index contributed by atoms with van der Waals surface area (Å²) in [6.45, 7) is 0.671. The van der Waals surface area contributed by atoms with Gasteiger partial charge in [-0.25, -0.2) is 27.0 Å². The van der Waals surface area contributed by atoms with Gasteiger partial charge in [-0.15, -0.1) is 11.3 Å². The Morgan fingerprint density at radius 2 is 2.19 bits per heavy atom. The van der Waals surface area contributed by atoms with Gasteiger partial charge in [0.05, 0.1) is 12.1 Å². The van der Waals surface area contributed by atoms with E-state index in [-0.39, 0.29) is 29.3 Å². The summed E-state index contributed by atoms with van der Waals surface area (Å²) in [5, 5.41) is 4.64. The molecular formula is C20H16F2N4O4S2. The molecule has 2 N–H and O–H groups in total. The van der Waals surface area contributed by atoms with Crippen LogP contribution in [0.1, 0.15) is 22.9 Å². The molecule has 166 valence electrons. The lowest BCUT2D eigenvalue weighted by Gasteiger charge is -2.23. The second kappa shape index (κ2) is 7.80. The average molecular weight is 479 g/mol. The van der Waals surface area contributed by atoms with Crippen LogP contribution in [0.5, 0.6) is 0 Å². The van der Waals surface area contributed by atoms with Gasteiger partial charge in [-0.1, -0.05) is 18.2 Å². The molecule has 32 heavy (non-hydrogen) atoms. The summed E-state index contributed by atoms with van der Waals surface area (Å²) in [5.41, 5.74) is 1.99. The summed E-state index contributed by atoms with van der Waals surface area (Å²) in [4.78, 5) is 15.7. The van der Waals surface area contributed by atoms with Crippen LogP contribution < -0.4 is 15.8 Å². The molecule has 1 aliphatic rings. The van der Waals surface area contributed by atoms with Crippen molar-refractivity contribution in [1.82, 2.24) is 14.9 Å². The fourth-order valence-electron chi connectivity index (χ4n) is 3.78. The van der Waals surface area contributed by atoms with Crippen LogP contribution in [0.2, 0.25) is 0 Å². The summed E-state index contributed by atoms with van der Waals surface area (Å²) in [6, 6.07) is 7.08. The average Bonchev–Trinajstić information content (AvgIpc) is 3.35. The van der Waals surface area contributed by atoms with Crippen molar-refractivity contribution in [3.05, 3.63) is 75.0 Å². The lowest BCUT2D eigenvalue weighted by molar-refractivity contribution is 0.309. The number of rotatable bonds is 5. The molecule has 0 radical (unpaired) electrons. The van der Waals surface area contributed by atoms with Crippen molar-refractivity contribution in [3.8, 4) is 0 Å². The lowest BCUT2D eigenvalue weighted by Crippen LogP contribution is -2.28. The van der Waals surface area contributed by atoms with Gasteiger partial charge in [0.1, 0.15) is 16.9 Å². The molecule has 1 aliphatic heterocycles. The quantitative estimate of drug-likeness (QED) is 0.457. The first-order chi connectivity index (χ1) is 15.3. The first-order valence-corrected chi connectivity index (χ1v) is 11.9. The van der Waals surface area contributed by atoms with Crippen LogP contribution in [0.15, 0.2) is 56.0 Å². The van der Waals surface area contributed by atoms with Gasteiger partial charge in [-0.2, -0.15) is 0 Å². The van der Waals surface area contributed by atoms with E-state index < -0.39 is 32.7 Å². The minimum Gasteiger partial charge on any atom is -0.408 e. The van der Waals surface area contributed by atoms with E-state index in [9.17, 15) is 22.0 Å². The number of hydrogen-bond donors (Lipinski definition) is 2. The van der Waals surface area contributed by atoms with Crippen LogP contribution in [0.25, 0.3) is 11.1 Å². The molecule has 12 heteroatoms. The van der Waals surface area contributed by atoms with Gasteiger partial charge in [0.25, 0.3) is 10.0 Å². The first-order valence-electron chi connectivity index (χ1n) is 9.54. The predicted octanol–water partition coefficient (Wildman–Crippen LogP) is 3.15. The summed E-state index contributed by atoms with van der Waals surface area (Å²) < 4.78 is 62.9. The fourth-order valence-corrected chi connectivity index (χ4v) is 5.64. The maximum absolute atomic E-state index is 14.8. The van der Waals surface area contributed by atoms with Crippen LogP contribution >= 0.6 is 11.3 Å². The minimum atomic E-state index is -4.28. The van der Waals surface area contributed by atoms with Crippen LogP contribution in [0.4, 0.5) is 13.9 Å². The number of oxazole rings is 1. The fraction of sp³-hybridized carbons (Fsp3) is 0.200. The number of hydrogen-bond acceptors (Lipinski definition) is 7. The van der Waals surface area contributed by atoms with E-state index in [0.29, 0.717) is 17.7 Å². The van der Waals surface area contributed by atoms with Crippen LogP contribution in [0, 0.1) is 5.82 Å². The maximum atomic E-state index is 14.8. The van der Waals surface area contributed by atoms with Crippen molar-refractivity contribution < 1.29 is 21.6 Å². The number of anilines is 1. The number of halogens is 2. The molecule has 1 atom stereocenters. The highest BCUT2D eigenvalue weighted by molar-refractivity contribution is 7.93. The highest BCUT2D eigenvalue weighted by atomic mass is 32.2. The minimum absolute atomic E-state index is 0.0201. The van der Waals surface area contributed by atoms with E-state index in [1.165, 1.54) is 10.8 Å². The molecule has 0 fully saturated rings. The molecule has 8 nitrogen and oxygen atoms in total. The first kappa shape index (κ1) is 20.8. The summed E-state index contributed by atoms with van der Waals surface area (Å²) >= 11 is 1.04. The van der Waals surface area contributed by atoms with E-state index in [4.69, 9.17) is 4.42 Å². The molecule has 0 saturated heterocycles. The molecule has 1 unspecified atom stereocenters. The highest BCUT2D eigenvalue weighted by Gasteiger charge is 2.25. The summed E-state index contributed by atoms with van der Waals surface area (Å²) in [5.74, 6) is -1.82. The van der Waals surface area contributed by atoms with Gasteiger partial charge < -0.3 is 9.73 Å². The van der Waals surface area contributed by atoms with E-state index >= 15 is 0 Å². The molecule has 2 aromatic heterocycles. The molecule has 0 bridgehead atoms. The predicted molar refractivity (Wildman–Crippen MR) is 114 cm³/mol. The third-order valence-corrected chi connectivity index (χ3v) is 7.44. The maximum Gasteiger partial charge on any atom is 0.420 e. The standard InChI is InChI=1S/C20H16F2N4O4S2/c21-14-6-16-17(7-18(14)32(28,29)25-19-24-4-5-31-19)30-20(27)26(16)10-11-2-1-3-12-13(11)8-23-9-15(12)22/h1-7,15,23H,8-10H2,(H,24,25). The number of fused-ring (bicyclic) bond motifs is 2. The van der Waals surface area contributed by atoms with Gasteiger partial charge in [-0.3, -0.25) is 9.29 Å². The summed E-state index contributed by atoms with van der Waals surface area (Å²) in [6.07, 6.45) is 0.247. The van der Waals surface area contributed by atoms with E-state index in [1.54, 1.807) is 23.6 Å². The topological polar surface area (TPSA) is 106 Å². The molecule has 4 aromatic rings. The normalized spacial score (nSPS) is 16.2. The molecule has 5 rings (SSSR count). The van der Waals surface area contributed by atoms with Crippen molar-refractivity contribution in [1.29, 1.82) is 0 Å². The van der Waals surface area contributed by atoms with Crippen molar-refractivity contribution >= 4 is 37.6 Å². The number of alkyl halides is 1. The van der Waals surface area contributed by atoms with Gasteiger partial charge in [-0.05, 0) is 16.7 Å². The molecule has 0 amide bonds. The van der Waals surface area contributed by atoms with Crippen molar-refractivity contribution in [3.63, 3.8) is 0 Å². The Balaban J connectivity index is 1.56. The van der Waals surface area contributed by atoms with Gasteiger partial charge in [0.2, 0.25) is 0 Å². The SMILES string of the molecule is O=c1oc2cc(S(=O)(=O)Nc3nccs3)c(F)cc2n1Cc1cccc2c1CNCC2F. The van der Waals surface area contributed by atoms with E-state index in [1.807, 2.05) is 0 Å². The lowest BCUT2D eigenvalue weighted by atomic mass is 9.94. The third-order valence-electron chi connectivity index (χ3n) is 5.27. The Kier molecular flexibility index (Phi) is 5.07. The Bertz CT molecular complexity index is 1480. The summed E-state index contributed by atoms with van der Waals surface area (Å²) in [7, 11) is -4.28. The van der Waals surface area contributed by atoms with Crippen molar-refractivity contribution in [2.45, 2.75) is 24.2 Å². The number of aromatic nitrogens is 2. The van der Waals surface area contributed by atoms with Crippen LogP contribution in [-0.4, -0.2) is 24.5 Å². The van der Waals surface area contributed by atoms with E-state index in [0.717, 1.165) is 29.0 Å². The Labute approximate surface area is 184 Å².